The van der Waals surface area contributed by atoms with E-state index in [0.717, 1.165) is 33.1 Å². The summed E-state index contributed by atoms with van der Waals surface area (Å²) in [6.45, 7) is 0. The third kappa shape index (κ3) is 4.06. The molecule has 1 aliphatic heterocycles. The van der Waals surface area contributed by atoms with Crippen LogP contribution >= 0.6 is 0 Å². The molecule has 9 aromatic rings. The summed E-state index contributed by atoms with van der Waals surface area (Å²) in [7, 11) is 0. The van der Waals surface area contributed by atoms with Gasteiger partial charge in [-0.3, -0.25) is 0 Å². The van der Waals surface area contributed by atoms with E-state index in [0.29, 0.717) is 44.5 Å². The number of fused-ring (bicyclic) bond motifs is 5. The van der Waals surface area contributed by atoms with Crippen LogP contribution in [0.4, 0.5) is 0 Å². The number of hydrogen-bond donors (Lipinski definition) is 0. The average Bonchev–Trinajstić information content (AvgIpc) is 3.58. The predicted molar refractivity (Wildman–Crippen MR) is 200 cm³/mol. The highest BCUT2D eigenvalue weighted by atomic mass is 16.5. The Bertz CT molecular complexity index is 3180. The van der Waals surface area contributed by atoms with Crippen LogP contribution in [-0.4, -0.2) is 4.57 Å². The highest BCUT2D eigenvalue weighted by Gasteiger charge is 2.22. The number of nitrogens with zero attached hydrogens (tertiary/aromatic N) is 1. The van der Waals surface area contributed by atoms with Crippen molar-refractivity contribution in [2.24, 2.45) is 0 Å². The minimum atomic E-state index is -0.461. The summed E-state index contributed by atoms with van der Waals surface area (Å²) in [5.41, 5.74) is 6.42. The second-order valence-corrected chi connectivity index (χ2v) is 11.8. The van der Waals surface area contributed by atoms with Crippen molar-refractivity contribution >= 4 is 32.6 Å². The molecule has 2 heteroatoms. The van der Waals surface area contributed by atoms with Crippen LogP contribution in [0, 0.1) is 0 Å². The third-order valence-corrected chi connectivity index (χ3v) is 9.16. The van der Waals surface area contributed by atoms with Gasteiger partial charge in [0.2, 0.25) is 0 Å². The van der Waals surface area contributed by atoms with Crippen LogP contribution in [0.25, 0.3) is 82.8 Å². The fourth-order valence-corrected chi connectivity index (χ4v) is 7.10. The van der Waals surface area contributed by atoms with Gasteiger partial charge in [0.15, 0.2) is 0 Å². The Morgan fingerprint density at radius 2 is 1.17 bits per heavy atom. The monoisotopic (exact) mass is 620 g/mol. The highest BCUT2D eigenvalue weighted by molar-refractivity contribution is 6.16. The minimum Gasteiger partial charge on any atom is -0.456 e. The van der Waals surface area contributed by atoms with Gasteiger partial charge in [-0.05, 0) is 92.8 Å². The van der Waals surface area contributed by atoms with E-state index < -0.39 is 18.1 Å². The van der Waals surface area contributed by atoms with Crippen molar-refractivity contribution in [1.82, 2.24) is 4.57 Å². The lowest BCUT2D eigenvalue weighted by molar-refractivity contribution is 0.487. The summed E-state index contributed by atoms with van der Waals surface area (Å²) < 4.78 is 87.6. The quantitative estimate of drug-likeness (QED) is 0.191. The first-order valence-corrected chi connectivity index (χ1v) is 15.7. The lowest BCUT2D eigenvalue weighted by Gasteiger charge is -2.23. The molecule has 0 aliphatic carbocycles. The fourth-order valence-electron chi connectivity index (χ4n) is 7.10. The lowest BCUT2D eigenvalue weighted by atomic mass is 9.89. The Labute approximate surface area is 291 Å². The molecule has 0 N–H and O–H groups in total. The summed E-state index contributed by atoms with van der Waals surface area (Å²) in [5, 5.41) is 3.11. The van der Waals surface area contributed by atoms with E-state index in [-0.39, 0.29) is 52.9 Å². The van der Waals surface area contributed by atoms with Crippen LogP contribution in [-0.2, 0) is 0 Å². The molecule has 8 aromatic carbocycles. The van der Waals surface area contributed by atoms with Gasteiger partial charge in [0, 0.05) is 27.4 Å². The lowest BCUT2D eigenvalue weighted by Crippen LogP contribution is -1.98. The second kappa shape index (κ2) is 10.6. The van der Waals surface area contributed by atoms with Gasteiger partial charge in [-0.2, -0.15) is 0 Å². The molecule has 0 fully saturated rings. The van der Waals surface area contributed by atoms with Crippen LogP contribution in [0.3, 0.4) is 0 Å². The van der Waals surface area contributed by atoms with Crippen LogP contribution in [0.1, 0.15) is 12.3 Å². The molecular formula is C46H29NO. The molecule has 10 rings (SSSR count). The van der Waals surface area contributed by atoms with Crippen molar-refractivity contribution < 1.29 is 17.1 Å². The number of ether oxygens (including phenoxy) is 1. The van der Waals surface area contributed by atoms with Gasteiger partial charge in [-0.25, -0.2) is 0 Å². The molecule has 0 saturated carbocycles. The van der Waals surface area contributed by atoms with Crippen molar-refractivity contribution in [1.29, 1.82) is 0 Å². The van der Waals surface area contributed by atoms with Gasteiger partial charge in [0.1, 0.15) is 11.5 Å². The molecule has 224 valence electrons. The Morgan fingerprint density at radius 1 is 0.438 bits per heavy atom. The van der Waals surface area contributed by atoms with E-state index in [9.17, 15) is 2.74 Å². The first-order chi connectivity index (χ1) is 27.6. The molecule has 2 heterocycles. The van der Waals surface area contributed by atoms with Crippen molar-refractivity contribution in [2.75, 3.05) is 0 Å². The largest absolute Gasteiger partial charge is 0.456 e. The maximum atomic E-state index is 9.70. The summed E-state index contributed by atoms with van der Waals surface area (Å²) in [6.07, 6.45) is 0. The molecule has 0 saturated heterocycles. The molecule has 0 radical (unpaired) electrons. The number of rotatable bonds is 4. The van der Waals surface area contributed by atoms with E-state index >= 15 is 0 Å². The Morgan fingerprint density at radius 3 is 2.08 bits per heavy atom. The Balaban J connectivity index is 1.19. The Hall–Kier alpha value is -6.38. The van der Waals surface area contributed by atoms with E-state index in [4.69, 9.17) is 14.3 Å². The van der Waals surface area contributed by atoms with Gasteiger partial charge in [0.05, 0.1) is 23.4 Å². The van der Waals surface area contributed by atoms with Gasteiger partial charge in [0.25, 0.3) is 0 Å². The zero-order valence-electron chi connectivity index (χ0n) is 34.4. The summed E-state index contributed by atoms with van der Waals surface area (Å²) in [6, 6.07) is 35.6. The zero-order chi connectivity index (χ0) is 39.4. The molecule has 0 unspecified atom stereocenters. The molecule has 1 aromatic heterocycles. The van der Waals surface area contributed by atoms with E-state index in [1.165, 1.54) is 0 Å². The number of aromatic nitrogens is 1. The van der Waals surface area contributed by atoms with Crippen molar-refractivity contribution in [2.45, 2.75) is 0 Å². The topological polar surface area (TPSA) is 14.2 Å². The maximum absolute atomic E-state index is 9.70. The minimum absolute atomic E-state index is 0.0381. The highest BCUT2D eigenvalue weighted by Crippen LogP contribution is 2.49. The van der Waals surface area contributed by atoms with E-state index in [1.54, 1.807) is 24.3 Å². The van der Waals surface area contributed by atoms with Crippen LogP contribution < -0.4 is 4.74 Å². The second-order valence-electron chi connectivity index (χ2n) is 11.8. The van der Waals surface area contributed by atoms with Crippen LogP contribution in [0.15, 0.2) is 176 Å². The summed E-state index contributed by atoms with van der Waals surface area (Å²) in [4.78, 5) is 0. The van der Waals surface area contributed by atoms with Crippen molar-refractivity contribution in [3.05, 3.63) is 176 Å². The van der Waals surface area contributed by atoms with E-state index in [1.807, 2.05) is 97.1 Å². The van der Waals surface area contributed by atoms with Crippen molar-refractivity contribution in [3.8, 4) is 61.7 Å². The standard InChI is InChI=1S/C46H29NO/c1-3-12-30(13-4-1)35-25-27-44-46-37(35)20-10-21-38(46)40-29-32(24-26-43(40)48-44)31-14-9-15-33(28-31)36-19-11-23-42-45(36)39-18-7-8-22-41(39)47(42)34-16-5-2-6-17-34/h1-29H/i1D,3D,4D,9D,12D,13D,14D,15D,28D. The smallest absolute Gasteiger partial charge is 0.135 e. The zero-order valence-corrected chi connectivity index (χ0v) is 25.4. The Kier molecular flexibility index (Phi) is 4.26. The number of hydrogen-bond acceptors (Lipinski definition) is 1. The molecule has 0 atom stereocenters. The number of benzene rings is 8. The SMILES string of the molecule is [2H]c1c([2H])c([2H])c(-c2ccc3c4c(cccc24)-c2cc(-c4c([2H])c([2H])c([2H])c(-c5cccc6c5c5ccccc5n6-c5ccccc5)c4[2H])ccc2O3)c([2H])c1[2H]. The van der Waals surface area contributed by atoms with Gasteiger partial charge in [-0.15, -0.1) is 0 Å². The van der Waals surface area contributed by atoms with Crippen LogP contribution in [0.2, 0.25) is 0 Å². The van der Waals surface area contributed by atoms with Gasteiger partial charge in [-0.1, -0.05) is 127 Å². The molecule has 48 heavy (non-hydrogen) atoms. The maximum Gasteiger partial charge on any atom is 0.135 e. The molecular weight excluding hydrogens is 583 g/mol. The molecule has 0 bridgehead atoms. The van der Waals surface area contributed by atoms with Crippen molar-refractivity contribution in [3.63, 3.8) is 0 Å². The molecule has 0 spiro atoms. The fraction of sp³-hybridized carbons (Fsp3) is 0. The van der Waals surface area contributed by atoms with Gasteiger partial charge >= 0.3 is 0 Å². The molecule has 2 nitrogen and oxygen atoms in total. The molecule has 0 amide bonds. The van der Waals surface area contributed by atoms with Gasteiger partial charge < -0.3 is 9.30 Å². The predicted octanol–water partition coefficient (Wildman–Crippen LogP) is 12.7. The summed E-state index contributed by atoms with van der Waals surface area (Å²) >= 11 is 0. The normalized spacial score (nSPS) is 14.5. The number of para-hydroxylation sites is 2. The first-order valence-electron chi connectivity index (χ1n) is 20.2. The van der Waals surface area contributed by atoms with E-state index in [2.05, 4.69) is 4.57 Å². The first kappa shape index (κ1) is 19.3. The third-order valence-electron chi connectivity index (χ3n) is 9.16. The summed E-state index contributed by atoms with van der Waals surface area (Å²) in [5.74, 6) is 1.07. The average molecular weight is 621 g/mol. The van der Waals surface area contributed by atoms with Crippen LogP contribution in [0.5, 0.6) is 11.5 Å². The molecule has 1 aliphatic rings.